The second kappa shape index (κ2) is 4.41. The highest BCUT2D eigenvalue weighted by molar-refractivity contribution is 5.39. The van der Waals surface area contributed by atoms with Crippen LogP contribution in [-0.2, 0) is 0 Å². The molecule has 1 aromatic carbocycles. The minimum Gasteiger partial charge on any atom is -0.496 e. The summed E-state index contributed by atoms with van der Waals surface area (Å²) in [7, 11) is 1.63. The third kappa shape index (κ3) is 1.95. The zero-order chi connectivity index (χ0) is 11.5. The molecule has 0 bridgehead atoms. The van der Waals surface area contributed by atoms with Crippen LogP contribution in [0.4, 0.5) is 0 Å². The van der Waals surface area contributed by atoms with Gasteiger partial charge in [-0.25, -0.2) is 0 Å². The van der Waals surface area contributed by atoms with Crippen molar-refractivity contribution in [2.24, 2.45) is 0 Å². The quantitative estimate of drug-likeness (QED) is 0.861. The summed E-state index contributed by atoms with van der Waals surface area (Å²) in [5, 5.41) is 10.1. The molecule has 0 aliphatic rings. The minimum atomic E-state index is -0.650. The molecular weight excluding hydrogens is 204 g/mol. The van der Waals surface area contributed by atoms with Crippen LogP contribution in [0.25, 0.3) is 0 Å². The van der Waals surface area contributed by atoms with E-state index in [1.165, 1.54) is 0 Å². The van der Waals surface area contributed by atoms with Crippen LogP contribution in [0, 0.1) is 6.92 Å². The summed E-state index contributed by atoms with van der Waals surface area (Å²) in [6.07, 6.45) is 2.45. The van der Waals surface area contributed by atoms with E-state index in [0.29, 0.717) is 0 Å². The Labute approximate surface area is 94.3 Å². The van der Waals surface area contributed by atoms with Gasteiger partial charge in [-0.3, -0.25) is 0 Å². The lowest BCUT2D eigenvalue weighted by atomic mass is 10.0. The van der Waals surface area contributed by atoms with E-state index in [2.05, 4.69) is 0 Å². The molecule has 0 radical (unpaired) electrons. The monoisotopic (exact) mass is 218 g/mol. The number of aliphatic hydroxyl groups is 1. The predicted octanol–water partition coefficient (Wildman–Crippen LogP) is 2.68. The molecule has 84 valence electrons. The Morgan fingerprint density at radius 2 is 2.06 bits per heavy atom. The normalized spacial score (nSPS) is 12.4. The first-order valence-corrected chi connectivity index (χ1v) is 5.07. The summed E-state index contributed by atoms with van der Waals surface area (Å²) >= 11 is 0. The van der Waals surface area contributed by atoms with Crippen LogP contribution in [0.1, 0.15) is 22.8 Å². The zero-order valence-corrected chi connectivity index (χ0v) is 9.31. The summed E-state index contributed by atoms with van der Waals surface area (Å²) in [4.78, 5) is 0. The molecular formula is C13H14O3. The van der Waals surface area contributed by atoms with Gasteiger partial charge in [0, 0.05) is 5.56 Å². The SMILES string of the molecule is COc1ccc(C(O)c2ccoc2)cc1C. The standard InChI is InChI=1S/C13H14O3/c1-9-7-10(3-4-12(9)15-2)13(14)11-5-6-16-8-11/h3-8,13-14H,1-2H3. The Bertz CT molecular complexity index is 460. The number of furan rings is 1. The van der Waals surface area contributed by atoms with Crippen molar-refractivity contribution in [2.75, 3.05) is 7.11 Å². The van der Waals surface area contributed by atoms with E-state index in [1.807, 2.05) is 25.1 Å². The number of ether oxygens (including phenoxy) is 1. The van der Waals surface area contributed by atoms with E-state index in [9.17, 15) is 5.11 Å². The van der Waals surface area contributed by atoms with E-state index in [1.54, 1.807) is 25.7 Å². The zero-order valence-electron chi connectivity index (χ0n) is 9.31. The molecule has 0 saturated heterocycles. The van der Waals surface area contributed by atoms with Crippen molar-refractivity contribution < 1.29 is 14.3 Å². The molecule has 3 heteroatoms. The van der Waals surface area contributed by atoms with Gasteiger partial charge in [-0.15, -0.1) is 0 Å². The van der Waals surface area contributed by atoms with Crippen molar-refractivity contribution in [3.63, 3.8) is 0 Å². The number of benzene rings is 1. The average Bonchev–Trinajstić information content (AvgIpc) is 2.81. The van der Waals surface area contributed by atoms with Crippen LogP contribution in [0.3, 0.4) is 0 Å². The molecule has 2 aromatic rings. The summed E-state index contributed by atoms with van der Waals surface area (Å²) in [6.45, 7) is 1.95. The van der Waals surface area contributed by atoms with Gasteiger partial charge in [0.15, 0.2) is 0 Å². The smallest absolute Gasteiger partial charge is 0.121 e. The molecule has 1 heterocycles. The van der Waals surface area contributed by atoms with Crippen LogP contribution in [-0.4, -0.2) is 12.2 Å². The molecule has 0 aliphatic heterocycles. The average molecular weight is 218 g/mol. The van der Waals surface area contributed by atoms with Gasteiger partial charge in [-0.1, -0.05) is 6.07 Å². The number of hydrogen-bond donors (Lipinski definition) is 1. The lowest BCUT2D eigenvalue weighted by molar-refractivity contribution is 0.219. The molecule has 1 N–H and O–H groups in total. The highest BCUT2D eigenvalue weighted by Gasteiger charge is 2.12. The molecule has 0 saturated carbocycles. The predicted molar refractivity (Wildman–Crippen MR) is 60.5 cm³/mol. The summed E-state index contributed by atoms with van der Waals surface area (Å²) in [5.41, 5.74) is 2.59. The van der Waals surface area contributed by atoms with Gasteiger partial charge in [0.2, 0.25) is 0 Å². The molecule has 0 spiro atoms. The number of methoxy groups -OCH3 is 1. The van der Waals surface area contributed by atoms with E-state index in [0.717, 1.165) is 22.4 Å². The van der Waals surface area contributed by atoms with Gasteiger partial charge in [0.1, 0.15) is 11.9 Å². The van der Waals surface area contributed by atoms with Crippen LogP contribution in [0.5, 0.6) is 5.75 Å². The van der Waals surface area contributed by atoms with Crippen molar-refractivity contribution in [1.29, 1.82) is 0 Å². The van der Waals surface area contributed by atoms with E-state index < -0.39 is 6.10 Å². The van der Waals surface area contributed by atoms with E-state index in [4.69, 9.17) is 9.15 Å². The Hall–Kier alpha value is -1.74. The first kappa shape index (κ1) is 10.8. The molecule has 1 aromatic heterocycles. The minimum absolute atomic E-state index is 0.650. The van der Waals surface area contributed by atoms with Crippen molar-refractivity contribution in [3.05, 3.63) is 53.5 Å². The van der Waals surface area contributed by atoms with Gasteiger partial charge in [-0.05, 0) is 36.2 Å². The molecule has 0 amide bonds. The summed E-state index contributed by atoms with van der Waals surface area (Å²) in [6, 6.07) is 7.37. The summed E-state index contributed by atoms with van der Waals surface area (Å²) in [5.74, 6) is 0.822. The first-order valence-electron chi connectivity index (χ1n) is 5.07. The fraction of sp³-hybridized carbons (Fsp3) is 0.231. The Balaban J connectivity index is 2.31. The van der Waals surface area contributed by atoms with Crippen molar-refractivity contribution in [1.82, 2.24) is 0 Å². The Morgan fingerprint density at radius 1 is 1.25 bits per heavy atom. The molecule has 1 atom stereocenters. The van der Waals surface area contributed by atoms with Crippen LogP contribution >= 0.6 is 0 Å². The molecule has 3 nitrogen and oxygen atoms in total. The maximum atomic E-state index is 10.1. The second-order valence-corrected chi connectivity index (χ2v) is 3.69. The number of rotatable bonds is 3. The number of hydrogen-bond acceptors (Lipinski definition) is 3. The Kier molecular flexibility index (Phi) is 2.97. The highest BCUT2D eigenvalue weighted by Crippen LogP contribution is 2.26. The van der Waals surface area contributed by atoms with Crippen LogP contribution in [0.2, 0.25) is 0 Å². The van der Waals surface area contributed by atoms with Gasteiger partial charge in [-0.2, -0.15) is 0 Å². The van der Waals surface area contributed by atoms with Gasteiger partial charge < -0.3 is 14.3 Å². The van der Waals surface area contributed by atoms with E-state index >= 15 is 0 Å². The van der Waals surface area contributed by atoms with Crippen LogP contribution in [0.15, 0.2) is 41.2 Å². The fourth-order valence-corrected chi connectivity index (χ4v) is 1.69. The van der Waals surface area contributed by atoms with Crippen molar-refractivity contribution in [3.8, 4) is 5.75 Å². The largest absolute Gasteiger partial charge is 0.496 e. The number of aryl methyl sites for hydroxylation is 1. The first-order chi connectivity index (χ1) is 7.72. The Morgan fingerprint density at radius 3 is 2.62 bits per heavy atom. The van der Waals surface area contributed by atoms with Gasteiger partial charge in [0.05, 0.1) is 19.6 Å². The van der Waals surface area contributed by atoms with Gasteiger partial charge in [0.25, 0.3) is 0 Å². The maximum Gasteiger partial charge on any atom is 0.121 e. The molecule has 16 heavy (non-hydrogen) atoms. The molecule has 2 rings (SSSR count). The summed E-state index contributed by atoms with van der Waals surface area (Å²) < 4.78 is 10.1. The van der Waals surface area contributed by atoms with Crippen LogP contribution < -0.4 is 4.74 Å². The second-order valence-electron chi connectivity index (χ2n) is 3.69. The highest BCUT2D eigenvalue weighted by atomic mass is 16.5. The lowest BCUT2D eigenvalue weighted by Crippen LogP contribution is -1.99. The third-order valence-corrected chi connectivity index (χ3v) is 2.59. The fourth-order valence-electron chi connectivity index (χ4n) is 1.69. The number of aliphatic hydroxyl groups excluding tert-OH is 1. The van der Waals surface area contributed by atoms with Gasteiger partial charge >= 0.3 is 0 Å². The molecule has 0 aliphatic carbocycles. The lowest BCUT2D eigenvalue weighted by Gasteiger charge is -2.11. The van der Waals surface area contributed by atoms with E-state index in [-0.39, 0.29) is 0 Å². The van der Waals surface area contributed by atoms with Crippen molar-refractivity contribution in [2.45, 2.75) is 13.0 Å². The maximum absolute atomic E-state index is 10.1. The molecule has 0 fully saturated rings. The van der Waals surface area contributed by atoms with Crippen molar-refractivity contribution >= 4 is 0 Å². The topological polar surface area (TPSA) is 42.6 Å². The molecule has 1 unspecified atom stereocenters. The third-order valence-electron chi connectivity index (χ3n) is 2.59.